The summed E-state index contributed by atoms with van der Waals surface area (Å²) in [5.41, 5.74) is -0.167. The van der Waals surface area contributed by atoms with Gasteiger partial charge in [0, 0.05) is 24.7 Å². The van der Waals surface area contributed by atoms with Crippen molar-refractivity contribution in [1.29, 1.82) is 10.8 Å². The topological polar surface area (TPSA) is 221 Å². The molecule has 0 radical (unpaired) electrons. The third kappa shape index (κ3) is 4.23. The molecule has 1 spiro atoms. The minimum absolute atomic E-state index is 0.00517. The summed E-state index contributed by atoms with van der Waals surface area (Å²) >= 11 is 0. The van der Waals surface area contributed by atoms with Crippen molar-refractivity contribution in [1.82, 2.24) is 41.7 Å². The molecule has 9 N–H and O–H groups in total. The summed E-state index contributed by atoms with van der Waals surface area (Å²) in [5.74, 6) is -0.824. The lowest BCUT2D eigenvalue weighted by atomic mass is 9.79. The Hall–Kier alpha value is -4.66. The highest BCUT2D eigenvalue weighted by Crippen LogP contribution is 2.41. The number of carbonyl (C=O) groups is 2. The smallest absolute Gasteiger partial charge is 0.271 e. The fraction of sp³-hybridized carbons (Fsp3) is 0.462. The molecule has 4 aliphatic rings. The van der Waals surface area contributed by atoms with Gasteiger partial charge in [0.25, 0.3) is 11.8 Å². The van der Waals surface area contributed by atoms with E-state index in [2.05, 4.69) is 50.6 Å². The third-order valence-electron chi connectivity index (χ3n) is 8.40. The molecule has 15 nitrogen and oxygen atoms in total. The van der Waals surface area contributed by atoms with Crippen LogP contribution in [0.25, 0.3) is 0 Å². The summed E-state index contributed by atoms with van der Waals surface area (Å²) in [6.07, 6.45) is -0.401. The Morgan fingerprint density at radius 2 is 1.98 bits per heavy atom. The molecule has 41 heavy (non-hydrogen) atoms. The van der Waals surface area contributed by atoms with E-state index in [9.17, 15) is 19.8 Å². The number of carbonyl (C=O) groups excluding carboxylic acids is 2. The molecule has 3 saturated heterocycles. The van der Waals surface area contributed by atoms with Crippen LogP contribution in [0.3, 0.4) is 0 Å². The van der Waals surface area contributed by atoms with Crippen LogP contribution >= 0.6 is 0 Å². The quantitative estimate of drug-likeness (QED) is 0.204. The molecule has 4 aliphatic heterocycles. The summed E-state index contributed by atoms with van der Waals surface area (Å²) in [6.45, 7) is 4.82. The number of benzene rings is 1. The van der Waals surface area contributed by atoms with Crippen molar-refractivity contribution in [3.05, 3.63) is 47.2 Å². The van der Waals surface area contributed by atoms with Gasteiger partial charge in [-0.05, 0) is 24.0 Å². The molecule has 0 bridgehead atoms. The van der Waals surface area contributed by atoms with E-state index in [1.54, 1.807) is 11.0 Å². The van der Waals surface area contributed by atoms with Gasteiger partial charge in [-0.25, -0.2) is 0 Å². The Kier molecular flexibility index (Phi) is 6.13. The van der Waals surface area contributed by atoms with Gasteiger partial charge in [-0.15, -0.1) is 10.2 Å². The monoisotopic (exact) mass is 564 g/mol. The molecule has 2 amide bonds. The number of nitrogens with zero attached hydrogens (tertiary/aromatic N) is 3. The van der Waals surface area contributed by atoms with Crippen molar-refractivity contribution in [2.24, 2.45) is 0 Å². The van der Waals surface area contributed by atoms with Gasteiger partial charge in [0.05, 0.1) is 30.3 Å². The molecular formula is C26H32N10O5. The second-order valence-electron chi connectivity index (χ2n) is 11.3. The number of hydrogen-bond donors (Lipinski definition) is 9. The molecule has 5 atom stereocenters. The highest BCUT2D eigenvalue weighted by atomic mass is 16.5. The minimum atomic E-state index is -1.33. The molecule has 5 heterocycles. The van der Waals surface area contributed by atoms with E-state index in [-0.39, 0.29) is 42.0 Å². The second kappa shape index (κ2) is 9.47. The molecule has 0 aliphatic carbocycles. The lowest BCUT2D eigenvalue weighted by Crippen LogP contribution is -2.78. The van der Waals surface area contributed by atoms with Crippen LogP contribution in [0.5, 0.6) is 11.6 Å². The van der Waals surface area contributed by atoms with Gasteiger partial charge < -0.3 is 46.4 Å². The number of guanidine groups is 2. The highest BCUT2D eigenvalue weighted by molar-refractivity contribution is 5.98. The summed E-state index contributed by atoms with van der Waals surface area (Å²) in [6, 6.07) is 5.96. The maximum absolute atomic E-state index is 13.5. The average Bonchev–Trinajstić information content (AvgIpc) is 3.43. The van der Waals surface area contributed by atoms with E-state index in [1.165, 1.54) is 12.1 Å². The summed E-state index contributed by atoms with van der Waals surface area (Å²) in [5, 5.41) is 59.8. The zero-order valence-corrected chi connectivity index (χ0v) is 22.5. The van der Waals surface area contributed by atoms with Crippen molar-refractivity contribution in [2.75, 3.05) is 19.7 Å². The van der Waals surface area contributed by atoms with Crippen molar-refractivity contribution in [3.8, 4) is 11.6 Å². The van der Waals surface area contributed by atoms with Crippen LogP contribution in [0.2, 0.25) is 0 Å². The maximum atomic E-state index is 13.5. The van der Waals surface area contributed by atoms with Gasteiger partial charge in [-0.2, -0.15) is 0 Å². The summed E-state index contributed by atoms with van der Waals surface area (Å²) in [4.78, 5) is 27.7. The van der Waals surface area contributed by atoms with E-state index in [0.717, 1.165) is 12.0 Å². The normalized spacial score (nSPS) is 29.1. The van der Waals surface area contributed by atoms with E-state index < -0.39 is 41.7 Å². The number of nitrogens with one attached hydrogen (secondary N) is 7. The summed E-state index contributed by atoms with van der Waals surface area (Å²) in [7, 11) is 0. The van der Waals surface area contributed by atoms with Crippen molar-refractivity contribution < 1.29 is 24.5 Å². The number of para-hydroxylation sites is 1. The Morgan fingerprint density at radius 1 is 1.17 bits per heavy atom. The lowest BCUT2D eigenvalue weighted by Gasteiger charge is -2.49. The number of aliphatic hydroxyl groups excluding tert-OH is 1. The van der Waals surface area contributed by atoms with Crippen LogP contribution in [-0.4, -0.2) is 98.6 Å². The summed E-state index contributed by atoms with van der Waals surface area (Å²) < 4.78 is 5.91. The van der Waals surface area contributed by atoms with Gasteiger partial charge in [-0.1, -0.05) is 26.0 Å². The van der Waals surface area contributed by atoms with E-state index in [1.807, 2.05) is 12.1 Å². The SMILES string of the molecule is CC1(C)CCOc2c(C(=O)NC3CN4C(=N)N[C@@H](CNC(=O)c5ccc(O)nn5)C5NC(=N)NC54[C@@H]3O)cccc21. The van der Waals surface area contributed by atoms with Crippen LogP contribution in [0, 0.1) is 10.8 Å². The number of amides is 2. The van der Waals surface area contributed by atoms with E-state index >= 15 is 0 Å². The molecule has 1 aromatic heterocycles. The number of ether oxygens (including phenoxy) is 1. The van der Waals surface area contributed by atoms with Crippen LogP contribution in [0.1, 0.15) is 46.7 Å². The van der Waals surface area contributed by atoms with E-state index in [4.69, 9.17) is 15.6 Å². The number of aromatic hydroxyl groups is 1. The van der Waals surface area contributed by atoms with Crippen molar-refractivity contribution in [2.45, 2.75) is 55.6 Å². The Morgan fingerprint density at radius 3 is 2.73 bits per heavy atom. The van der Waals surface area contributed by atoms with Gasteiger partial charge in [0.2, 0.25) is 5.88 Å². The largest absolute Gasteiger partial charge is 0.492 e. The number of hydrogen-bond acceptors (Lipinski definition) is 9. The van der Waals surface area contributed by atoms with Crippen molar-refractivity contribution in [3.63, 3.8) is 0 Å². The van der Waals surface area contributed by atoms with Crippen LogP contribution in [0.4, 0.5) is 0 Å². The predicted octanol–water partition coefficient (Wildman–Crippen LogP) is -1.45. The van der Waals surface area contributed by atoms with E-state index in [0.29, 0.717) is 17.9 Å². The van der Waals surface area contributed by atoms with Crippen LogP contribution in [0.15, 0.2) is 30.3 Å². The number of aromatic nitrogens is 2. The highest BCUT2D eigenvalue weighted by Gasteiger charge is 2.66. The minimum Gasteiger partial charge on any atom is -0.492 e. The fourth-order valence-electron chi connectivity index (χ4n) is 6.23. The zero-order valence-electron chi connectivity index (χ0n) is 22.5. The Labute approximate surface area is 235 Å². The number of fused-ring (bicyclic) bond motifs is 1. The first-order chi connectivity index (χ1) is 19.5. The van der Waals surface area contributed by atoms with Crippen LogP contribution < -0.4 is 31.3 Å². The van der Waals surface area contributed by atoms with Crippen molar-refractivity contribution >= 4 is 23.7 Å². The first-order valence-corrected chi connectivity index (χ1v) is 13.3. The molecule has 216 valence electrons. The fourth-order valence-corrected chi connectivity index (χ4v) is 6.23. The maximum Gasteiger partial charge on any atom is 0.271 e. The molecule has 0 saturated carbocycles. The molecular weight excluding hydrogens is 532 g/mol. The Balaban J connectivity index is 1.22. The predicted molar refractivity (Wildman–Crippen MR) is 145 cm³/mol. The first kappa shape index (κ1) is 26.6. The van der Waals surface area contributed by atoms with Gasteiger partial charge in [0.15, 0.2) is 23.3 Å². The molecule has 3 fully saturated rings. The average molecular weight is 565 g/mol. The third-order valence-corrected chi connectivity index (χ3v) is 8.40. The molecule has 3 unspecified atom stereocenters. The Bertz CT molecular complexity index is 1430. The zero-order chi connectivity index (χ0) is 29.1. The van der Waals surface area contributed by atoms with Gasteiger partial charge >= 0.3 is 0 Å². The molecule has 1 aromatic carbocycles. The first-order valence-electron chi connectivity index (χ1n) is 13.3. The number of rotatable bonds is 5. The van der Waals surface area contributed by atoms with Crippen LogP contribution in [-0.2, 0) is 5.41 Å². The molecule has 6 rings (SSSR count). The number of aliphatic hydroxyl groups is 1. The molecule has 2 aromatic rings. The second-order valence-corrected chi connectivity index (χ2v) is 11.3. The standard InChI is InChI=1S/C26H32N10O5/c1-25(2)8-9-41-18-12(4-3-5-13(18)25)21(39)30-16-11-36-24(28)31-15(19-26(36,20(16)38)33-23(27)32-19)10-29-22(40)14-6-7-17(37)35-34-14/h3-7,15-16,19-20,38H,8-11H2,1-2H3,(H2,28,31)(H,29,40)(H,30,39)(H,35,37)(H3,27,32,33)/t15-,16?,19?,20+,26?/m0/s1. The molecule has 15 heteroatoms. The van der Waals surface area contributed by atoms with Gasteiger partial charge in [0.1, 0.15) is 11.9 Å². The van der Waals surface area contributed by atoms with Gasteiger partial charge in [-0.3, -0.25) is 20.4 Å². The lowest BCUT2D eigenvalue weighted by molar-refractivity contribution is 0.00611.